The Bertz CT molecular complexity index is 273. The third-order valence-electron chi connectivity index (χ3n) is 4.74. The second-order valence-corrected chi connectivity index (χ2v) is 7.11. The average Bonchev–Trinajstić information content (AvgIpc) is 2.36. The predicted octanol–water partition coefficient (Wildman–Crippen LogP) is 2.96. The molecular formula is C16H31NO2. The third kappa shape index (κ3) is 4.17. The summed E-state index contributed by atoms with van der Waals surface area (Å²) in [5.74, 6) is 0. The van der Waals surface area contributed by atoms with E-state index in [1.54, 1.807) is 0 Å². The SMILES string of the molecule is CCN(CC(C)(C)O)C1CCOC2(CCCCC2)C1. The third-order valence-corrected chi connectivity index (χ3v) is 4.74. The van der Waals surface area contributed by atoms with Gasteiger partial charge < -0.3 is 9.84 Å². The quantitative estimate of drug-likeness (QED) is 0.851. The van der Waals surface area contributed by atoms with E-state index in [-0.39, 0.29) is 5.60 Å². The molecule has 2 aliphatic rings. The summed E-state index contributed by atoms with van der Waals surface area (Å²) in [4.78, 5) is 2.46. The summed E-state index contributed by atoms with van der Waals surface area (Å²) >= 11 is 0. The lowest BCUT2D eigenvalue weighted by Crippen LogP contribution is -2.52. The molecule has 1 heterocycles. The molecule has 1 spiro atoms. The Hall–Kier alpha value is -0.120. The molecule has 1 saturated heterocycles. The first kappa shape index (κ1) is 15.3. The second kappa shape index (κ2) is 6.11. The van der Waals surface area contributed by atoms with Crippen molar-refractivity contribution in [2.24, 2.45) is 0 Å². The average molecular weight is 269 g/mol. The molecule has 1 N–H and O–H groups in total. The molecule has 1 atom stereocenters. The molecular weight excluding hydrogens is 238 g/mol. The molecule has 112 valence electrons. The molecule has 2 rings (SSSR count). The van der Waals surface area contributed by atoms with Gasteiger partial charge in [0.05, 0.1) is 11.2 Å². The lowest BCUT2D eigenvalue weighted by Gasteiger charge is -2.47. The van der Waals surface area contributed by atoms with Crippen molar-refractivity contribution < 1.29 is 9.84 Å². The van der Waals surface area contributed by atoms with Gasteiger partial charge in [0.2, 0.25) is 0 Å². The Morgan fingerprint density at radius 3 is 2.53 bits per heavy atom. The number of aliphatic hydroxyl groups is 1. The zero-order chi connectivity index (χ0) is 13.9. The molecule has 19 heavy (non-hydrogen) atoms. The van der Waals surface area contributed by atoms with Crippen molar-refractivity contribution in [1.29, 1.82) is 0 Å². The molecule has 2 fully saturated rings. The summed E-state index contributed by atoms with van der Waals surface area (Å²) < 4.78 is 6.17. The number of hydrogen-bond acceptors (Lipinski definition) is 3. The maximum absolute atomic E-state index is 10.1. The first-order chi connectivity index (χ1) is 8.94. The largest absolute Gasteiger partial charge is 0.389 e. The standard InChI is InChI=1S/C16H31NO2/c1-4-17(13-15(2,3)18)14-8-11-19-16(12-14)9-6-5-7-10-16/h14,18H,4-13H2,1-3H3. The molecule has 0 aromatic rings. The first-order valence-corrected chi connectivity index (χ1v) is 8.04. The molecule has 0 aromatic heterocycles. The molecule has 1 aliphatic heterocycles. The minimum atomic E-state index is -0.603. The van der Waals surface area contributed by atoms with Crippen LogP contribution in [0.5, 0.6) is 0 Å². The minimum absolute atomic E-state index is 0.161. The van der Waals surface area contributed by atoms with Crippen molar-refractivity contribution in [3.05, 3.63) is 0 Å². The molecule has 3 nitrogen and oxygen atoms in total. The van der Waals surface area contributed by atoms with Gasteiger partial charge in [0.15, 0.2) is 0 Å². The smallest absolute Gasteiger partial charge is 0.0718 e. The lowest BCUT2D eigenvalue weighted by atomic mass is 9.78. The second-order valence-electron chi connectivity index (χ2n) is 7.11. The number of hydrogen-bond donors (Lipinski definition) is 1. The number of likely N-dealkylation sites (N-methyl/N-ethyl adjacent to an activating group) is 1. The molecule has 0 radical (unpaired) electrons. The highest BCUT2D eigenvalue weighted by atomic mass is 16.5. The van der Waals surface area contributed by atoms with Crippen molar-refractivity contribution in [3.8, 4) is 0 Å². The summed E-state index contributed by atoms with van der Waals surface area (Å²) in [5.41, 5.74) is -0.442. The van der Waals surface area contributed by atoms with Gasteiger partial charge in [-0.2, -0.15) is 0 Å². The minimum Gasteiger partial charge on any atom is -0.389 e. The van der Waals surface area contributed by atoms with E-state index in [2.05, 4.69) is 11.8 Å². The fourth-order valence-corrected chi connectivity index (χ4v) is 3.85. The summed E-state index contributed by atoms with van der Waals surface area (Å²) in [6.07, 6.45) is 8.78. The van der Waals surface area contributed by atoms with Gasteiger partial charge in [0.1, 0.15) is 0 Å². The van der Waals surface area contributed by atoms with Gasteiger partial charge in [0.25, 0.3) is 0 Å². The summed E-state index contributed by atoms with van der Waals surface area (Å²) in [6.45, 7) is 8.70. The maximum atomic E-state index is 10.1. The lowest BCUT2D eigenvalue weighted by molar-refractivity contribution is -0.128. The van der Waals surface area contributed by atoms with Gasteiger partial charge in [-0.1, -0.05) is 26.2 Å². The zero-order valence-electron chi connectivity index (χ0n) is 13.0. The Kier molecular flexibility index (Phi) is 4.91. The van der Waals surface area contributed by atoms with Crippen molar-refractivity contribution in [1.82, 2.24) is 4.90 Å². The Morgan fingerprint density at radius 2 is 1.95 bits per heavy atom. The van der Waals surface area contributed by atoms with E-state index in [9.17, 15) is 5.11 Å². The van der Waals surface area contributed by atoms with Crippen molar-refractivity contribution in [3.63, 3.8) is 0 Å². The fraction of sp³-hybridized carbons (Fsp3) is 1.00. The molecule has 0 aromatic carbocycles. The van der Waals surface area contributed by atoms with Crippen LogP contribution < -0.4 is 0 Å². The monoisotopic (exact) mass is 269 g/mol. The van der Waals surface area contributed by atoms with E-state index in [4.69, 9.17) is 4.74 Å². The highest BCUT2D eigenvalue weighted by Gasteiger charge is 2.40. The van der Waals surface area contributed by atoms with Crippen LogP contribution in [0, 0.1) is 0 Å². The first-order valence-electron chi connectivity index (χ1n) is 8.04. The van der Waals surface area contributed by atoms with Gasteiger partial charge in [-0.25, -0.2) is 0 Å². The van der Waals surface area contributed by atoms with E-state index in [1.165, 1.54) is 32.1 Å². The van der Waals surface area contributed by atoms with E-state index in [1.807, 2.05) is 13.8 Å². The van der Waals surface area contributed by atoms with Crippen molar-refractivity contribution in [2.45, 2.75) is 83.0 Å². The summed E-state index contributed by atoms with van der Waals surface area (Å²) in [5, 5.41) is 10.1. The van der Waals surface area contributed by atoms with Gasteiger partial charge >= 0.3 is 0 Å². The molecule has 1 saturated carbocycles. The van der Waals surface area contributed by atoms with E-state index < -0.39 is 5.60 Å². The van der Waals surface area contributed by atoms with Gasteiger partial charge in [-0.15, -0.1) is 0 Å². The van der Waals surface area contributed by atoms with Crippen LogP contribution in [0.25, 0.3) is 0 Å². The van der Waals surface area contributed by atoms with Crippen LogP contribution in [0.4, 0.5) is 0 Å². The Balaban J connectivity index is 1.98. The van der Waals surface area contributed by atoms with Crippen LogP contribution >= 0.6 is 0 Å². The molecule has 3 heteroatoms. The number of nitrogens with zero attached hydrogens (tertiary/aromatic N) is 1. The normalized spacial score (nSPS) is 27.9. The molecule has 1 aliphatic carbocycles. The van der Waals surface area contributed by atoms with Crippen LogP contribution in [0.1, 0.15) is 65.7 Å². The molecule has 0 amide bonds. The van der Waals surface area contributed by atoms with Crippen LogP contribution in [0.3, 0.4) is 0 Å². The fourth-order valence-electron chi connectivity index (χ4n) is 3.85. The van der Waals surface area contributed by atoms with Crippen LogP contribution in [-0.4, -0.2) is 46.9 Å². The number of rotatable bonds is 4. The molecule has 0 bridgehead atoms. The summed E-state index contributed by atoms with van der Waals surface area (Å²) in [7, 11) is 0. The predicted molar refractivity (Wildman–Crippen MR) is 78.3 cm³/mol. The van der Waals surface area contributed by atoms with Crippen molar-refractivity contribution in [2.75, 3.05) is 19.7 Å². The van der Waals surface area contributed by atoms with Gasteiger partial charge in [-0.05, 0) is 46.1 Å². The van der Waals surface area contributed by atoms with Crippen LogP contribution in [0.2, 0.25) is 0 Å². The number of ether oxygens (including phenoxy) is 1. The van der Waals surface area contributed by atoms with E-state index >= 15 is 0 Å². The van der Waals surface area contributed by atoms with Crippen molar-refractivity contribution >= 4 is 0 Å². The highest BCUT2D eigenvalue weighted by molar-refractivity contribution is 4.93. The van der Waals surface area contributed by atoms with Gasteiger partial charge in [-0.3, -0.25) is 4.90 Å². The highest BCUT2D eigenvalue weighted by Crippen LogP contribution is 2.39. The molecule has 1 unspecified atom stereocenters. The van der Waals surface area contributed by atoms with E-state index in [0.29, 0.717) is 6.04 Å². The summed E-state index contributed by atoms with van der Waals surface area (Å²) in [6, 6.07) is 0.586. The zero-order valence-corrected chi connectivity index (χ0v) is 13.0. The van der Waals surface area contributed by atoms with Crippen LogP contribution in [0.15, 0.2) is 0 Å². The van der Waals surface area contributed by atoms with Gasteiger partial charge in [0, 0.05) is 19.2 Å². The Morgan fingerprint density at radius 1 is 1.26 bits per heavy atom. The van der Waals surface area contributed by atoms with E-state index in [0.717, 1.165) is 32.5 Å². The maximum Gasteiger partial charge on any atom is 0.0718 e. The Labute approximate surface area is 118 Å². The topological polar surface area (TPSA) is 32.7 Å². The van der Waals surface area contributed by atoms with Crippen LogP contribution in [-0.2, 0) is 4.74 Å².